The number of hydrogen-bond donors (Lipinski definition) is 0. The highest BCUT2D eigenvalue weighted by Gasteiger charge is 2.51. The molecule has 1 aliphatic heterocycles. The molecular formula is C30H29BN2O2. The Morgan fingerprint density at radius 3 is 2.00 bits per heavy atom. The zero-order chi connectivity index (χ0) is 24.8. The first kappa shape index (κ1) is 23.2. The van der Waals surface area contributed by atoms with Gasteiger partial charge in [-0.05, 0) is 44.8 Å². The number of aromatic nitrogens is 2. The minimum atomic E-state index is -0.408. The molecule has 1 fully saturated rings. The summed E-state index contributed by atoms with van der Waals surface area (Å²) >= 11 is 0. The highest BCUT2D eigenvalue weighted by Crippen LogP contribution is 2.37. The van der Waals surface area contributed by atoms with Gasteiger partial charge >= 0.3 is 7.12 Å². The Balaban J connectivity index is 1.63. The van der Waals surface area contributed by atoms with Gasteiger partial charge in [0.25, 0.3) is 0 Å². The lowest BCUT2D eigenvalue weighted by Gasteiger charge is -2.32. The molecule has 0 spiro atoms. The Hall–Kier alpha value is -3.54. The van der Waals surface area contributed by atoms with E-state index in [4.69, 9.17) is 19.3 Å². The van der Waals surface area contributed by atoms with E-state index in [-0.39, 0.29) is 11.2 Å². The molecule has 0 atom stereocenters. The molecule has 35 heavy (non-hydrogen) atoms. The van der Waals surface area contributed by atoms with Crippen molar-refractivity contribution in [2.24, 2.45) is 0 Å². The van der Waals surface area contributed by atoms with E-state index in [9.17, 15) is 0 Å². The molecular weight excluding hydrogens is 431 g/mol. The minimum absolute atomic E-state index is 0.383. The van der Waals surface area contributed by atoms with Gasteiger partial charge in [-0.2, -0.15) is 0 Å². The van der Waals surface area contributed by atoms with Crippen LogP contribution < -0.4 is 5.46 Å². The van der Waals surface area contributed by atoms with Crippen molar-refractivity contribution in [1.29, 1.82) is 0 Å². The van der Waals surface area contributed by atoms with Gasteiger partial charge in [0.2, 0.25) is 0 Å². The fourth-order valence-corrected chi connectivity index (χ4v) is 4.34. The Bertz CT molecular complexity index is 1410. The van der Waals surface area contributed by atoms with Crippen molar-refractivity contribution in [2.75, 3.05) is 0 Å². The van der Waals surface area contributed by atoms with E-state index in [1.807, 2.05) is 60.7 Å². The lowest BCUT2D eigenvalue weighted by atomic mass is 9.79. The van der Waals surface area contributed by atoms with Crippen LogP contribution in [0.3, 0.4) is 0 Å². The molecule has 0 saturated carbocycles. The smallest absolute Gasteiger partial charge is 0.399 e. The maximum Gasteiger partial charge on any atom is 0.494 e. The summed E-state index contributed by atoms with van der Waals surface area (Å²) in [5, 5.41) is 0.981. The third-order valence-corrected chi connectivity index (χ3v) is 7.11. The monoisotopic (exact) mass is 460 g/mol. The Morgan fingerprint density at radius 1 is 0.743 bits per heavy atom. The zero-order valence-electron chi connectivity index (χ0n) is 20.7. The SMILES string of the molecule is C=Cc1ccc2c(-c3ccccc3)nc(-c3ccc(B4OC(C)(C)C(C)(C)O4)cc3)nc2c1C=C. The molecule has 5 rings (SSSR count). The largest absolute Gasteiger partial charge is 0.494 e. The number of rotatable bonds is 5. The van der Waals surface area contributed by atoms with Crippen LogP contribution in [0.1, 0.15) is 38.8 Å². The van der Waals surface area contributed by atoms with E-state index in [1.54, 1.807) is 0 Å². The van der Waals surface area contributed by atoms with Crippen LogP contribution in [-0.2, 0) is 9.31 Å². The number of hydrogen-bond acceptors (Lipinski definition) is 4. The van der Waals surface area contributed by atoms with Crippen molar-refractivity contribution in [3.05, 3.63) is 91.0 Å². The van der Waals surface area contributed by atoms with Gasteiger partial charge in [-0.3, -0.25) is 0 Å². The standard InChI is InChI=1S/C30H29BN2O2/c1-7-20-16-19-25-26(21-12-10-9-11-13-21)32-28(33-27(25)24(20)8-2)22-14-17-23(18-15-22)31-34-29(3,4)30(5,6)35-31/h7-19H,1-2H2,3-6H3. The maximum atomic E-state index is 6.21. The number of fused-ring (bicyclic) bond motifs is 1. The van der Waals surface area contributed by atoms with Crippen LogP contribution in [0.5, 0.6) is 0 Å². The van der Waals surface area contributed by atoms with Crippen LogP contribution in [0.25, 0.3) is 45.7 Å². The predicted octanol–water partition coefficient (Wildman–Crippen LogP) is 6.55. The molecule has 1 aromatic heterocycles. The summed E-state index contributed by atoms with van der Waals surface area (Å²) < 4.78 is 12.4. The Morgan fingerprint density at radius 2 is 1.40 bits per heavy atom. The summed E-state index contributed by atoms with van der Waals surface area (Å²) in [4.78, 5) is 10.0. The van der Waals surface area contributed by atoms with Crippen LogP contribution in [0.4, 0.5) is 0 Å². The van der Waals surface area contributed by atoms with Crippen LogP contribution in [0.2, 0.25) is 0 Å². The molecule has 0 N–H and O–H groups in total. The van der Waals surface area contributed by atoms with Gasteiger partial charge < -0.3 is 9.31 Å². The molecule has 0 amide bonds. The summed E-state index contributed by atoms with van der Waals surface area (Å²) in [6.07, 6.45) is 3.67. The topological polar surface area (TPSA) is 44.2 Å². The second-order valence-corrected chi connectivity index (χ2v) is 9.84. The van der Waals surface area contributed by atoms with Crippen LogP contribution in [0, 0.1) is 0 Å². The average Bonchev–Trinajstić information content (AvgIpc) is 3.09. The molecule has 174 valence electrons. The first-order valence-electron chi connectivity index (χ1n) is 11.8. The molecule has 0 radical (unpaired) electrons. The molecule has 5 heteroatoms. The van der Waals surface area contributed by atoms with E-state index in [1.165, 1.54) is 0 Å². The third-order valence-electron chi connectivity index (χ3n) is 7.11. The lowest BCUT2D eigenvalue weighted by molar-refractivity contribution is 0.00578. The first-order valence-corrected chi connectivity index (χ1v) is 11.8. The number of benzene rings is 3. The average molecular weight is 460 g/mol. The van der Waals surface area contributed by atoms with Crippen molar-refractivity contribution in [1.82, 2.24) is 9.97 Å². The van der Waals surface area contributed by atoms with Crippen LogP contribution in [-0.4, -0.2) is 28.3 Å². The van der Waals surface area contributed by atoms with Crippen molar-refractivity contribution in [2.45, 2.75) is 38.9 Å². The van der Waals surface area contributed by atoms with Crippen molar-refractivity contribution in [3.63, 3.8) is 0 Å². The van der Waals surface area contributed by atoms with Crippen molar-refractivity contribution in [3.8, 4) is 22.6 Å². The van der Waals surface area contributed by atoms with Gasteiger partial charge in [-0.25, -0.2) is 9.97 Å². The van der Waals surface area contributed by atoms with Gasteiger partial charge in [0, 0.05) is 22.1 Å². The molecule has 2 heterocycles. The van der Waals surface area contributed by atoms with Crippen LogP contribution in [0.15, 0.2) is 79.9 Å². The summed E-state index contributed by atoms with van der Waals surface area (Å²) in [6, 6.07) is 22.4. The van der Waals surface area contributed by atoms with Crippen molar-refractivity contribution >= 4 is 35.6 Å². The zero-order valence-corrected chi connectivity index (χ0v) is 20.7. The van der Waals surface area contributed by atoms with Gasteiger partial charge in [-0.15, -0.1) is 0 Å². The second kappa shape index (κ2) is 8.60. The summed E-state index contributed by atoms with van der Waals surface area (Å²) in [5.74, 6) is 0.654. The van der Waals surface area contributed by atoms with Gasteiger partial charge in [0.1, 0.15) is 0 Å². The fourth-order valence-electron chi connectivity index (χ4n) is 4.34. The van der Waals surface area contributed by atoms with E-state index in [2.05, 4.69) is 59.1 Å². The van der Waals surface area contributed by atoms with Gasteiger partial charge in [-0.1, -0.05) is 86.0 Å². The molecule has 0 unspecified atom stereocenters. The van der Waals surface area contributed by atoms with Gasteiger partial charge in [0.05, 0.1) is 22.4 Å². The fraction of sp³-hybridized carbons (Fsp3) is 0.200. The van der Waals surface area contributed by atoms with Gasteiger partial charge in [0.15, 0.2) is 5.82 Å². The van der Waals surface area contributed by atoms with E-state index < -0.39 is 7.12 Å². The Kier molecular flexibility index (Phi) is 5.70. The number of nitrogens with zero attached hydrogens (tertiary/aromatic N) is 2. The van der Waals surface area contributed by atoms with Crippen LogP contribution >= 0.6 is 0 Å². The molecule has 1 saturated heterocycles. The Labute approximate surface area is 207 Å². The molecule has 4 aromatic rings. The summed E-state index contributed by atoms with van der Waals surface area (Å²) in [5.41, 5.74) is 5.85. The molecule has 3 aromatic carbocycles. The quantitative estimate of drug-likeness (QED) is 0.317. The maximum absolute atomic E-state index is 6.21. The van der Waals surface area contributed by atoms with E-state index >= 15 is 0 Å². The normalized spacial score (nSPS) is 16.4. The summed E-state index contributed by atoms with van der Waals surface area (Å²) in [7, 11) is -0.408. The summed E-state index contributed by atoms with van der Waals surface area (Å²) in [6.45, 7) is 16.2. The third kappa shape index (κ3) is 4.01. The van der Waals surface area contributed by atoms with E-state index in [0.717, 1.165) is 44.3 Å². The second-order valence-electron chi connectivity index (χ2n) is 9.84. The molecule has 4 nitrogen and oxygen atoms in total. The molecule has 0 aliphatic carbocycles. The first-order chi connectivity index (χ1) is 16.7. The molecule has 1 aliphatic rings. The minimum Gasteiger partial charge on any atom is -0.399 e. The predicted molar refractivity (Wildman–Crippen MR) is 146 cm³/mol. The molecule has 0 bridgehead atoms. The van der Waals surface area contributed by atoms with E-state index in [0.29, 0.717) is 5.82 Å². The highest BCUT2D eigenvalue weighted by molar-refractivity contribution is 6.62. The lowest BCUT2D eigenvalue weighted by Crippen LogP contribution is -2.41. The highest BCUT2D eigenvalue weighted by atomic mass is 16.7. The van der Waals surface area contributed by atoms with Crippen molar-refractivity contribution < 1.29 is 9.31 Å².